The SMILES string of the molecule is CC(Cc1cccs1)n1c(CCCl)nc2ccccc21. The van der Waals surface area contributed by atoms with Crippen LogP contribution in [0.5, 0.6) is 0 Å². The standard InChI is InChI=1S/C16H17ClN2S/c1-12(11-13-5-4-10-20-13)19-15-7-3-2-6-14(15)18-16(19)8-9-17/h2-7,10,12H,8-9,11H2,1H3. The second-order valence-electron chi connectivity index (χ2n) is 4.96. The summed E-state index contributed by atoms with van der Waals surface area (Å²) in [5.74, 6) is 1.69. The van der Waals surface area contributed by atoms with Gasteiger partial charge in [-0.2, -0.15) is 0 Å². The predicted molar refractivity (Wildman–Crippen MR) is 86.9 cm³/mol. The smallest absolute Gasteiger partial charge is 0.111 e. The number of alkyl halides is 1. The zero-order chi connectivity index (χ0) is 13.9. The number of fused-ring (bicyclic) bond motifs is 1. The number of rotatable bonds is 5. The molecule has 1 unspecified atom stereocenters. The Morgan fingerprint density at radius 2 is 2.10 bits per heavy atom. The second-order valence-corrected chi connectivity index (χ2v) is 6.37. The molecule has 0 aliphatic rings. The van der Waals surface area contributed by atoms with Gasteiger partial charge in [0.25, 0.3) is 0 Å². The molecular weight excluding hydrogens is 288 g/mol. The van der Waals surface area contributed by atoms with Crippen molar-refractivity contribution in [3.05, 3.63) is 52.5 Å². The number of thiophene rings is 1. The Bertz CT molecular complexity index is 688. The van der Waals surface area contributed by atoms with Gasteiger partial charge in [-0.15, -0.1) is 22.9 Å². The van der Waals surface area contributed by atoms with Crippen molar-refractivity contribution in [3.63, 3.8) is 0 Å². The van der Waals surface area contributed by atoms with Gasteiger partial charge < -0.3 is 4.57 Å². The van der Waals surface area contributed by atoms with Crippen LogP contribution in [0.25, 0.3) is 11.0 Å². The van der Waals surface area contributed by atoms with Gasteiger partial charge in [-0.3, -0.25) is 0 Å². The van der Waals surface area contributed by atoms with Crippen molar-refractivity contribution in [2.75, 3.05) is 5.88 Å². The minimum absolute atomic E-state index is 0.388. The van der Waals surface area contributed by atoms with Crippen LogP contribution in [0.3, 0.4) is 0 Å². The van der Waals surface area contributed by atoms with Gasteiger partial charge in [-0.05, 0) is 30.5 Å². The molecule has 0 amide bonds. The second kappa shape index (κ2) is 5.98. The zero-order valence-corrected chi connectivity index (χ0v) is 13.0. The monoisotopic (exact) mass is 304 g/mol. The fourth-order valence-electron chi connectivity index (χ4n) is 2.66. The topological polar surface area (TPSA) is 17.8 Å². The molecule has 3 aromatic rings. The lowest BCUT2D eigenvalue weighted by Crippen LogP contribution is -2.12. The molecule has 4 heteroatoms. The van der Waals surface area contributed by atoms with Crippen LogP contribution in [0.15, 0.2) is 41.8 Å². The van der Waals surface area contributed by atoms with Gasteiger partial charge in [0.2, 0.25) is 0 Å². The molecule has 0 fully saturated rings. The van der Waals surface area contributed by atoms with Gasteiger partial charge in [-0.1, -0.05) is 18.2 Å². The molecule has 0 spiro atoms. The molecule has 104 valence electrons. The highest BCUT2D eigenvalue weighted by Crippen LogP contribution is 2.25. The van der Waals surface area contributed by atoms with E-state index in [4.69, 9.17) is 16.6 Å². The maximum Gasteiger partial charge on any atom is 0.111 e. The molecule has 0 saturated heterocycles. The van der Waals surface area contributed by atoms with Crippen LogP contribution in [0.1, 0.15) is 23.7 Å². The lowest BCUT2D eigenvalue weighted by atomic mass is 10.2. The number of para-hydroxylation sites is 2. The Morgan fingerprint density at radius 3 is 2.85 bits per heavy atom. The van der Waals surface area contributed by atoms with Crippen molar-refractivity contribution >= 4 is 34.0 Å². The van der Waals surface area contributed by atoms with Crippen molar-refractivity contribution in [3.8, 4) is 0 Å². The first-order chi connectivity index (χ1) is 9.79. The van der Waals surface area contributed by atoms with Crippen LogP contribution in [-0.4, -0.2) is 15.4 Å². The summed E-state index contributed by atoms with van der Waals surface area (Å²) in [6, 6.07) is 13.0. The molecule has 0 saturated carbocycles. The third-order valence-electron chi connectivity index (χ3n) is 3.50. The lowest BCUT2D eigenvalue weighted by Gasteiger charge is -2.16. The van der Waals surface area contributed by atoms with E-state index in [2.05, 4.69) is 47.2 Å². The minimum atomic E-state index is 0.388. The number of halogens is 1. The summed E-state index contributed by atoms with van der Waals surface area (Å²) >= 11 is 7.75. The molecule has 0 aliphatic heterocycles. The molecule has 1 aromatic carbocycles. The zero-order valence-electron chi connectivity index (χ0n) is 11.4. The fraction of sp³-hybridized carbons (Fsp3) is 0.312. The number of nitrogens with zero attached hydrogens (tertiary/aromatic N) is 2. The summed E-state index contributed by atoms with van der Waals surface area (Å²) < 4.78 is 2.34. The van der Waals surface area contributed by atoms with E-state index in [0.717, 1.165) is 24.2 Å². The molecule has 3 rings (SSSR count). The minimum Gasteiger partial charge on any atom is -0.325 e. The van der Waals surface area contributed by atoms with Crippen LogP contribution < -0.4 is 0 Å². The summed E-state index contributed by atoms with van der Waals surface area (Å²) in [7, 11) is 0. The van der Waals surface area contributed by atoms with Crippen molar-refractivity contribution < 1.29 is 0 Å². The average molecular weight is 305 g/mol. The molecule has 2 nitrogen and oxygen atoms in total. The number of imidazole rings is 1. The molecule has 0 aliphatic carbocycles. The van der Waals surface area contributed by atoms with E-state index in [9.17, 15) is 0 Å². The van der Waals surface area contributed by atoms with Gasteiger partial charge in [0.05, 0.1) is 11.0 Å². The molecule has 2 aromatic heterocycles. The molecule has 0 N–H and O–H groups in total. The van der Waals surface area contributed by atoms with Gasteiger partial charge >= 0.3 is 0 Å². The van der Waals surface area contributed by atoms with E-state index in [0.29, 0.717) is 11.9 Å². The van der Waals surface area contributed by atoms with E-state index in [-0.39, 0.29) is 0 Å². The summed E-state index contributed by atoms with van der Waals surface area (Å²) in [6.07, 6.45) is 1.85. The summed E-state index contributed by atoms with van der Waals surface area (Å²) in [5, 5.41) is 2.13. The summed E-state index contributed by atoms with van der Waals surface area (Å²) in [5.41, 5.74) is 2.27. The Balaban J connectivity index is 2.01. The van der Waals surface area contributed by atoms with E-state index >= 15 is 0 Å². The van der Waals surface area contributed by atoms with Gasteiger partial charge in [0, 0.05) is 29.6 Å². The average Bonchev–Trinajstić information content (AvgIpc) is 3.05. The van der Waals surface area contributed by atoms with Crippen LogP contribution >= 0.6 is 22.9 Å². The Labute approximate surface area is 128 Å². The highest BCUT2D eigenvalue weighted by Gasteiger charge is 2.15. The molecule has 0 bridgehead atoms. The van der Waals surface area contributed by atoms with Crippen molar-refractivity contribution in [1.29, 1.82) is 0 Å². The first-order valence-corrected chi connectivity index (χ1v) is 8.25. The van der Waals surface area contributed by atoms with Crippen molar-refractivity contribution in [2.24, 2.45) is 0 Å². The molecule has 1 atom stereocenters. The largest absolute Gasteiger partial charge is 0.325 e. The number of benzene rings is 1. The van der Waals surface area contributed by atoms with Gasteiger partial charge in [0.1, 0.15) is 5.82 Å². The van der Waals surface area contributed by atoms with Gasteiger partial charge in [-0.25, -0.2) is 4.98 Å². The molecule has 0 radical (unpaired) electrons. The van der Waals surface area contributed by atoms with E-state index < -0.39 is 0 Å². The Hall–Kier alpha value is -1.32. The first kappa shape index (κ1) is 13.7. The summed E-state index contributed by atoms with van der Waals surface area (Å²) in [4.78, 5) is 6.14. The molecular formula is C16H17ClN2S. The highest BCUT2D eigenvalue weighted by atomic mass is 35.5. The maximum atomic E-state index is 5.93. The van der Waals surface area contributed by atoms with Crippen LogP contribution in [0, 0.1) is 0 Å². The molecule has 2 heterocycles. The van der Waals surface area contributed by atoms with E-state index in [1.54, 1.807) is 0 Å². The Morgan fingerprint density at radius 1 is 1.25 bits per heavy atom. The van der Waals surface area contributed by atoms with Gasteiger partial charge in [0.15, 0.2) is 0 Å². The maximum absolute atomic E-state index is 5.93. The third-order valence-corrected chi connectivity index (χ3v) is 4.59. The third kappa shape index (κ3) is 2.60. The number of hydrogen-bond donors (Lipinski definition) is 0. The normalized spacial score (nSPS) is 12.9. The van der Waals surface area contributed by atoms with Crippen LogP contribution in [0.4, 0.5) is 0 Å². The number of aryl methyl sites for hydroxylation is 1. The Kier molecular flexibility index (Phi) is 4.08. The number of hydrogen-bond acceptors (Lipinski definition) is 2. The highest BCUT2D eigenvalue weighted by molar-refractivity contribution is 7.09. The first-order valence-electron chi connectivity index (χ1n) is 6.84. The quantitative estimate of drug-likeness (QED) is 0.626. The predicted octanol–water partition coefficient (Wildman–Crippen LogP) is 4.68. The molecule has 20 heavy (non-hydrogen) atoms. The van der Waals surface area contributed by atoms with E-state index in [1.165, 1.54) is 10.4 Å². The van der Waals surface area contributed by atoms with Crippen molar-refractivity contribution in [2.45, 2.75) is 25.8 Å². The fourth-order valence-corrected chi connectivity index (χ4v) is 3.65. The lowest BCUT2D eigenvalue weighted by molar-refractivity contribution is 0.541. The van der Waals surface area contributed by atoms with Crippen molar-refractivity contribution in [1.82, 2.24) is 9.55 Å². The van der Waals surface area contributed by atoms with E-state index in [1.807, 2.05) is 17.4 Å². The number of aromatic nitrogens is 2. The summed E-state index contributed by atoms with van der Waals surface area (Å²) in [6.45, 7) is 2.26. The van der Waals surface area contributed by atoms with Crippen LogP contribution in [0.2, 0.25) is 0 Å². The van der Waals surface area contributed by atoms with Crippen LogP contribution in [-0.2, 0) is 12.8 Å².